The highest BCUT2D eigenvalue weighted by Gasteiger charge is 2.17. The summed E-state index contributed by atoms with van der Waals surface area (Å²) in [7, 11) is 3.79. The molecule has 1 heterocycles. The molecule has 0 saturated heterocycles. The number of hydrogen-bond donors (Lipinski definition) is 1. The van der Waals surface area contributed by atoms with Gasteiger partial charge in [-0.05, 0) is 19.1 Å². The van der Waals surface area contributed by atoms with Crippen molar-refractivity contribution < 1.29 is 14.6 Å². The Morgan fingerprint density at radius 1 is 1.42 bits per heavy atom. The lowest BCUT2D eigenvalue weighted by Gasteiger charge is -2.15. The van der Waals surface area contributed by atoms with Gasteiger partial charge in [-0.25, -0.2) is 4.79 Å². The average Bonchev–Trinajstić information content (AvgIpc) is 2.38. The van der Waals surface area contributed by atoms with Crippen molar-refractivity contribution in [1.82, 2.24) is 4.98 Å². The van der Waals surface area contributed by atoms with Crippen molar-refractivity contribution in [2.45, 2.75) is 6.92 Å². The van der Waals surface area contributed by atoms with Gasteiger partial charge in [0.05, 0.1) is 17.8 Å². The van der Waals surface area contributed by atoms with Gasteiger partial charge >= 0.3 is 5.97 Å². The largest absolute Gasteiger partial charge is 0.506 e. The molecule has 5 heteroatoms. The fourth-order valence-electron chi connectivity index (χ4n) is 1.91. The molecule has 19 heavy (non-hydrogen) atoms. The molecular formula is C14H16N2O3. The van der Waals surface area contributed by atoms with Gasteiger partial charge in [-0.2, -0.15) is 0 Å². The Balaban J connectivity index is 2.63. The Labute approximate surface area is 111 Å². The summed E-state index contributed by atoms with van der Waals surface area (Å²) in [6.07, 6.45) is 1.35. The average molecular weight is 260 g/mol. The number of ether oxygens (including phenoxy) is 1. The number of esters is 1. The standard InChI is InChI=1S/C14H16N2O3/c1-4-19-14(18)10-8-15-12-9(13(10)17)6-5-7-11(12)16(2)3/h5-8H,4H2,1-3H3,(H,15,17). The van der Waals surface area contributed by atoms with E-state index in [0.29, 0.717) is 10.9 Å². The van der Waals surface area contributed by atoms with Crippen molar-refractivity contribution in [3.05, 3.63) is 30.0 Å². The molecule has 5 nitrogen and oxygen atoms in total. The van der Waals surface area contributed by atoms with Gasteiger partial charge in [-0.3, -0.25) is 4.98 Å². The number of anilines is 1. The number of hydrogen-bond acceptors (Lipinski definition) is 5. The molecule has 1 aromatic carbocycles. The van der Waals surface area contributed by atoms with E-state index in [2.05, 4.69) is 4.98 Å². The predicted molar refractivity (Wildman–Crippen MR) is 73.7 cm³/mol. The van der Waals surface area contributed by atoms with Crippen LogP contribution in [0.1, 0.15) is 17.3 Å². The first-order valence-corrected chi connectivity index (χ1v) is 6.01. The number of rotatable bonds is 3. The van der Waals surface area contributed by atoms with E-state index in [1.54, 1.807) is 13.0 Å². The number of aromatic nitrogens is 1. The maximum Gasteiger partial charge on any atom is 0.343 e. The first-order chi connectivity index (χ1) is 9.06. The van der Waals surface area contributed by atoms with Crippen molar-refractivity contribution >= 4 is 22.6 Å². The zero-order valence-electron chi connectivity index (χ0n) is 11.2. The van der Waals surface area contributed by atoms with Crippen molar-refractivity contribution in [2.24, 2.45) is 0 Å². The zero-order valence-corrected chi connectivity index (χ0v) is 11.2. The highest BCUT2D eigenvalue weighted by atomic mass is 16.5. The molecule has 0 aliphatic carbocycles. The molecule has 100 valence electrons. The molecule has 2 aromatic rings. The minimum atomic E-state index is -0.565. The van der Waals surface area contributed by atoms with Crippen LogP contribution in [0.4, 0.5) is 5.69 Å². The lowest BCUT2D eigenvalue weighted by Crippen LogP contribution is -2.10. The smallest absolute Gasteiger partial charge is 0.343 e. The molecule has 0 aliphatic heterocycles. The van der Waals surface area contributed by atoms with Gasteiger partial charge in [0, 0.05) is 25.7 Å². The molecule has 0 atom stereocenters. The molecule has 1 N–H and O–H groups in total. The van der Waals surface area contributed by atoms with E-state index in [1.807, 2.05) is 31.1 Å². The van der Waals surface area contributed by atoms with Crippen LogP contribution in [0.3, 0.4) is 0 Å². The topological polar surface area (TPSA) is 62.7 Å². The van der Waals surface area contributed by atoms with Crippen LogP contribution in [0.2, 0.25) is 0 Å². The van der Waals surface area contributed by atoms with Gasteiger partial charge in [-0.15, -0.1) is 0 Å². The van der Waals surface area contributed by atoms with Crippen molar-refractivity contribution in [2.75, 3.05) is 25.6 Å². The third-order valence-electron chi connectivity index (χ3n) is 2.82. The van der Waals surface area contributed by atoms with Gasteiger partial charge in [0.1, 0.15) is 11.3 Å². The lowest BCUT2D eigenvalue weighted by molar-refractivity contribution is 0.0523. The number of pyridine rings is 1. The number of carbonyl (C=O) groups is 1. The summed E-state index contributed by atoms with van der Waals surface area (Å²) in [6.45, 7) is 1.97. The second-order valence-electron chi connectivity index (χ2n) is 4.31. The zero-order chi connectivity index (χ0) is 14.0. The van der Waals surface area contributed by atoms with Crippen LogP contribution in [-0.2, 0) is 4.74 Å². The maximum absolute atomic E-state index is 11.7. The molecule has 2 rings (SSSR count). The molecule has 0 saturated carbocycles. The third-order valence-corrected chi connectivity index (χ3v) is 2.82. The van der Waals surface area contributed by atoms with Crippen molar-refractivity contribution in [3.8, 4) is 5.75 Å². The van der Waals surface area contributed by atoms with Crippen LogP contribution in [0.15, 0.2) is 24.4 Å². The van der Waals surface area contributed by atoms with Crippen molar-refractivity contribution in [3.63, 3.8) is 0 Å². The number of nitrogens with zero attached hydrogens (tertiary/aromatic N) is 2. The third kappa shape index (κ3) is 2.31. The fourth-order valence-corrected chi connectivity index (χ4v) is 1.91. The van der Waals surface area contributed by atoms with E-state index >= 15 is 0 Å². The number of fused-ring (bicyclic) bond motifs is 1. The van der Waals surface area contributed by atoms with E-state index in [4.69, 9.17) is 4.74 Å². The number of carbonyl (C=O) groups excluding carboxylic acids is 1. The van der Waals surface area contributed by atoms with Crippen molar-refractivity contribution in [1.29, 1.82) is 0 Å². The van der Waals surface area contributed by atoms with Gasteiger partial charge < -0.3 is 14.7 Å². The second-order valence-corrected chi connectivity index (χ2v) is 4.31. The number of para-hydroxylation sites is 1. The Morgan fingerprint density at radius 2 is 2.16 bits per heavy atom. The molecule has 1 aromatic heterocycles. The second kappa shape index (κ2) is 5.14. The first kappa shape index (κ1) is 13.1. The van der Waals surface area contributed by atoms with E-state index in [9.17, 15) is 9.90 Å². The summed E-state index contributed by atoms with van der Waals surface area (Å²) in [5.74, 6) is -0.656. The lowest BCUT2D eigenvalue weighted by atomic mass is 10.1. The molecule has 0 unspecified atom stereocenters. The summed E-state index contributed by atoms with van der Waals surface area (Å²) >= 11 is 0. The van der Waals surface area contributed by atoms with Crippen LogP contribution < -0.4 is 4.90 Å². The molecule has 0 amide bonds. The summed E-state index contributed by atoms with van der Waals surface area (Å²) in [5, 5.41) is 10.7. The summed E-state index contributed by atoms with van der Waals surface area (Å²) < 4.78 is 4.89. The Morgan fingerprint density at radius 3 is 2.79 bits per heavy atom. The van der Waals surface area contributed by atoms with E-state index in [0.717, 1.165) is 5.69 Å². The Bertz CT molecular complexity index is 623. The normalized spacial score (nSPS) is 10.5. The van der Waals surface area contributed by atoms with Gasteiger partial charge in [0.15, 0.2) is 0 Å². The fraction of sp³-hybridized carbons (Fsp3) is 0.286. The number of benzene rings is 1. The van der Waals surface area contributed by atoms with Crippen LogP contribution >= 0.6 is 0 Å². The maximum atomic E-state index is 11.7. The highest BCUT2D eigenvalue weighted by molar-refractivity contribution is 6.02. The first-order valence-electron chi connectivity index (χ1n) is 6.01. The monoisotopic (exact) mass is 260 g/mol. The van der Waals surface area contributed by atoms with E-state index < -0.39 is 5.97 Å². The Kier molecular flexibility index (Phi) is 3.55. The Hall–Kier alpha value is -2.30. The highest BCUT2D eigenvalue weighted by Crippen LogP contribution is 2.32. The SMILES string of the molecule is CCOC(=O)c1cnc2c(N(C)C)cccc2c1O. The molecular weight excluding hydrogens is 244 g/mol. The summed E-state index contributed by atoms with van der Waals surface area (Å²) in [4.78, 5) is 17.9. The van der Waals surface area contributed by atoms with Gasteiger partial charge in [0.2, 0.25) is 0 Å². The molecule has 0 radical (unpaired) electrons. The van der Waals surface area contributed by atoms with Crippen LogP contribution in [0, 0.1) is 0 Å². The molecule has 0 fully saturated rings. The van der Waals surface area contributed by atoms with Crippen LogP contribution in [0.5, 0.6) is 5.75 Å². The minimum Gasteiger partial charge on any atom is -0.506 e. The molecule has 0 spiro atoms. The van der Waals surface area contributed by atoms with E-state index in [-0.39, 0.29) is 17.9 Å². The predicted octanol–water partition coefficient (Wildman–Crippen LogP) is 2.18. The number of aromatic hydroxyl groups is 1. The van der Waals surface area contributed by atoms with Gasteiger partial charge in [0.25, 0.3) is 0 Å². The molecule has 0 aliphatic rings. The minimum absolute atomic E-state index is 0.0882. The van der Waals surface area contributed by atoms with Crippen LogP contribution in [0.25, 0.3) is 10.9 Å². The molecule has 0 bridgehead atoms. The quantitative estimate of drug-likeness (QED) is 0.857. The summed E-state index contributed by atoms with van der Waals surface area (Å²) in [6, 6.07) is 5.44. The van der Waals surface area contributed by atoms with E-state index in [1.165, 1.54) is 6.20 Å². The van der Waals surface area contributed by atoms with Gasteiger partial charge in [-0.1, -0.05) is 6.07 Å². The van der Waals surface area contributed by atoms with Crippen LogP contribution in [-0.4, -0.2) is 36.8 Å². The summed E-state index contributed by atoms with van der Waals surface area (Å²) in [5.41, 5.74) is 1.62.